The molecule has 1 aromatic rings. The molecule has 1 heterocycles. The van der Waals surface area contributed by atoms with Crippen molar-refractivity contribution in [2.75, 3.05) is 18.1 Å². The Morgan fingerprint density at radius 1 is 0.759 bits per heavy atom. The lowest BCUT2D eigenvalue weighted by Crippen LogP contribution is -2.72. The molecule has 0 aliphatic carbocycles. The van der Waals surface area contributed by atoms with E-state index in [1.54, 1.807) is 0 Å². The van der Waals surface area contributed by atoms with Gasteiger partial charge in [0.1, 0.15) is 23.9 Å². The summed E-state index contributed by atoms with van der Waals surface area (Å²) < 4.78 is 134. The molecule has 1 aliphatic heterocycles. The molecule has 1 saturated heterocycles. The van der Waals surface area contributed by atoms with Gasteiger partial charge in [0.15, 0.2) is 4.90 Å². The summed E-state index contributed by atoms with van der Waals surface area (Å²) in [6.07, 6.45) is -11.8. The second-order valence-electron chi connectivity index (χ2n) is 6.37. The molecule has 2 rings (SSSR count). The van der Waals surface area contributed by atoms with Crippen LogP contribution < -0.4 is 4.74 Å². The van der Waals surface area contributed by atoms with Crippen molar-refractivity contribution in [1.29, 1.82) is 0 Å². The second-order valence-corrected chi connectivity index (χ2v) is 8.65. The van der Waals surface area contributed by atoms with Crippen LogP contribution in [-0.4, -0.2) is 53.0 Å². The van der Waals surface area contributed by atoms with Gasteiger partial charge in [-0.25, -0.2) is 0 Å². The van der Waals surface area contributed by atoms with Crippen LogP contribution >= 0.6 is 0 Å². The van der Waals surface area contributed by atoms with Crippen molar-refractivity contribution in [2.24, 2.45) is 0 Å². The molecule has 29 heavy (non-hydrogen) atoms. The number of rotatable bonds is 6. The third-order valence-electron chi connectivity index (χ3n) is 4.39. The van der Waals surface area contributed by atoms with Crippen LogP contribution in [0.1, 0.15) is 12.8 Å². The molecule has 0 atom stereocenters. The SMILES string of the molecule is OC(COc1ccc([S+]2CCCC2)cc1)(C(F)(F)C(F)(F)F)C(F)(F)C(F)(F)F. The molecular formula is C16H15F10O2S+. The number of ether oxygens (including phenoxy) is 1. The van der Waals surface area contributed by atoms with Crippen LogP contribution in [0.5, 0.6) is 5.75 Å². The van der Waals surface area contributed by atoms with Gasteiger partial charge in [0.05, 0.1) is 0 Å². The molecule has 0 aromatic heterocycles. The minimum Gasteiger partial charge on any atom is -0.490 e. The lowest BCUT2D eigenvalue weighted by molar-refractivity contribution is -0.426. The normalized spacial score (nSPS) is 17.6. The molecule has 0 unspecified atom stereocenters. The van der Waals surface area contributed by atoms with Gasteiger partial charge in [-0.1, -0.05) is 0 Å². The number of aliphatic hydroxyl groups is 1. The summed E-state index contributed by atoms with van der Waals surface area (Å²) in [5, 5.41) is 9.36. The molecule has 0 bridgehead atoms. The van der Waals surface area contributed by atoms with Gasteiger partial charge in [0, 0.05) is 10.9 Å². The lowest BCUT2D eigenvalue weighted by atomic mass is 9.87. The van der Waals surface area contributed by atoms with Gasteiger partial charge < -0.3 is 9.84 Å². The Kier molecular flexibility index (Phi) is 6.36. The van der Waals surface area contributed by atoms with Crippen LogP contribution in [0.2, 0.25) is 0 Å². The van der Waals surface area contributed by atoms with E-state index < -0.39 is 42.2 Å². The van der Waals surface area contributed by atoms with Crippen molar-refractivity contribution in [3.05, 3.63) is 24.3 Å². The van der Waals surface area contributed by atoms with Gasteiger partial charge in [-0.3, -0.25) is 0 Å². The lowest BCUT2D eigenvalue weighted by Gasteiger charge is -2.41. The maximum atomic E-state index is 13.5. The fourth-order valence-corrected chi connectivity index (χ4v) is 4.96. The van der Waals surface area contributed by atoms with E-state index in [4.69, 9.17) is 0 Å². The summed E-state index contributed by atoms with van der Waals surface area (Å²) in [6.45, 7) is -2.66. The summed E-state index contributed by atoms with van der Waals surface area (Å²) in [7, 11) is -0.114. The first-order chi connectivity index (χ1) is 13.0. The maximum Gasteiger partial charge on any atom is 0.456 e. The highest BCUT2D eigenvalue weighted by molar-refractivity contribution is 7.97. The zero-order valence-corrected chi connectivity index (χ0v) is 15.2. The van der Waals surface area contributed by atoms with Crippen molar-refractivity contribution in [3.63, 3.8) is 0 Å². The maximum absolute atomic E-state index is 13.5. The van der Waals surface area contributed by atoms with E-state index in [9.17, 15) is 49.0 Å². The van der Waals surface area contributed by atoms with Gasteiger partial charge in [0.2, 0.25) is 5.60 Å². The van der Waals surface area contributed by atoms with E-state index >= 15 is 0 Å². The van der Waals surface area contributed by atoms with E-state index in [0.717, 1.165) is 41.4 Å². The smallest absolute Gasteiger partial charge is 0.456 e. The van der Waals surface area contributed by atoms with Crippen molar-refractivity contribution < 1.29 is 53.7 Å². The first-order valence-corrected chi connectivity index (χ1v) is 9.63. The minimum atomic E-state index is -6.90. The Morgan fingerprint density at radius 2 is 1.17 bits per heavy atom. The molecule has 0 saturated carbocycles. The molecule has 1 aromatic carbocycles. The molecule has 2 nitrogen and oxygen atoms in total. The first-order valence-electron chi connectivity index (χ1n) is 8.06. The Labute approximate surface area is 161 Å². The van der Waals surface area contributed by atoms with Crippen molar-refractivity contribution in [2.45, 2.75) is 47.5 Å². The molecular weight excluding hydrogens is 446 g/mol. The number of hydrogen-bond donors (Lipinski definition) is 1. The Balaban J connectivity index is 2.31. The number of benzene rings is 1. The van der Waals surface area contributed by atoms with Gasteiger partial charge in [-0.05, 0) is 37.1 Å². The number of alkyl halides is 10. The van der Waals surface area contributed by atoms with Crippen LogP contribution in [0.15, 0.2) is 29.2 Å². The minimum absolute atomic E-state index is 0.114. The largest absolute Gasteiger partial charge is 0.490 e. The first kappa shape index (κ1) is 23.9. The topological polar surface area (TPSA) is 29.5 Å². The molecule has 0 amide bonds. The van der Waals surface area contributed by atoms with Crippen LogP contribution in [0, 0.1) is 0 Å². The Morgan fingerprint density at radius 3 is 1.55 bits per heavy atom. The van der Waals surface area contributed by atoms with Crippen molar-refractivity contribution in [3.8, 4) is 5.75 Å². The average molecular weight is 461 g/mol. The summed E-state index contributed by atoms with van der Waals surface area (Å²) in [6, 6.07) is 4.90. The van der Waals surface area contributed by atoms with Gasteiger partial charge >= 0.3 is 24.2 Å². The third-order valence-corrected chi connectivity index (χ3v) is 6.89. The molecule has 1 fully saturated rings. The summed E-state index contributed by atoms with van der Waals surface area (Å²) in [4.78, 5) is 0.798. The summed E-state index contributed by atoms with van der Waals surface area (Å²) in [5.41, 5.74) is -5.93. The Hall–Kier alpha value is -1.37. The highest BCUT2D eigenvalue weighted by atomic mass is 32.2. The fourth-order valence-electron chi connectivity index (χ4n) is 2.65. The van der Waals surface area contributed by atoms with Gasteiger partial charge in [-0.2, -0.15) is 43.9 Å². The molecule has 166 valence electrons. The van der Waals surface area contributed by atoms with Gasteiger partial charge in [0.25, 0.3) is 0 Å². The highest BCUT2D eigenvalue weighted by Crippen LogP contribution is 2.54. The zero-order valence-electron chi connectivity index (χ0n) is 14.4. The van der Waals surface area contributed by atoms with Crippen molar-refractivity contribution >= 4 is 10.9 Å². The molecule has 0 radical (unpaired) electrons. The van der Waals surface area contributed by atoms with Crippen molar-refractivity contribution in [1.82, 2.24) is 0 Å². The highest BCUT2D eigenvalue weighted by Gasteiger charge is 2.85. The van der Waals surface area contributed by atoms with E-state index in [1.165, 1.54) is 12.1 Å². The molecule has 1 aliphatic rings. The van der Waals surface area contributed by atoms with E-state index in [2.05, 4.69) is 4.74 Å². The molecule has 13 heteroatoms. The Bertz CT molecular complexity index is 667. The van der Waals surface area contributed by atoms with E-state index in [0.29, 0.717) is 0 Å². The number of hydrogen-bond acceptors (Lipinski definition) is 2. The monoisotopic (exact) mass is 461 g/mol. The number of halogens is 10. The standard InChI is InChI=1S/C16H15F10O2S/c17-13(18,15(21,22)23)12(27,14(19,20)16(24,25)26)9-28-10-3-5-11(6-4-10)29-7-1-2-8-29/h3-6,27H,1-2,7-9H2/q+1. The van der Waals surface area contributed by atoms with Crippen LogP contribution in [0.4, 0.5) is 43.9 Å². The van der Waals surface area contributed by atoms with Crippen LogP contribution in [-0.2, 0) is 10.9 Å². The van der Waals surface area contributed by atoms with E-state index in [-0.39, 0.29) is 10.9 Å². The van der Waals surface area contributed by atoms with Gasteiger partial charge in [-0.15, -0.1) is 0 Å². The molecule has 1 N–H and O–H groups in total. The average Bonchev–Trinajstić information content (AvgIpc) is 3.12. The molecule has 0 spiro atoms. The van der Waals surface area contributed by atoms with E-state index in [1.807, 2.05) is 0 Å². The predicted molar refractivity (Wildman–Crippen MR) is 83.5 cm³/mol. The second kappa shape index (κ2) is 7.71. The summed E-state index contributed by atoms with van der Waals surface area (Å²) in [5.74, 6) is -12.4. The zero-order chi connectivity index (χ0) is 22.3. The van der Waals surface area contributed by atoms with Crippen LogP contribution in [0.25, 0.3) is 0 Å². The fraction of sp³-hybridized carbons (Fsp3) is 0.625. The predicted octanol–water partition coefficient (Wildman–Crippen LogP) is 4.96. The third kappa shape index (κ3) is 4.25. The van der Waals surface area contributed by atoms with Crippen LogP contribution in [0.3, 0.4) is 0 Å². The quantitative estimate of drug-likeness (QED) is 0.479. The summed E-state index contributed by atoms with van der Waals surface area (Å²) >= 11 is 0.